The van der Waals surface area contributed by atoms with Gasteiger partial charge in [-0.25, -0.2) is 0 Å². The third-order valence-electron chi connectivity index (χ3n) is 4.12. The summed E-state index contributed by atoms with van der Waals surface area (Å²) in [6, 6.07) is 10.3. The zero-order valence-electron chi connectivity index (χ0n) is 10.5. The molecular weight excluding hydrogens is 226 g/mol. The van der Waals surface area contributed by atoms with E-state index in [1.165, 1.54) is 19.3 Å². The lowest BCUT2D eigenvalue weighted by Crippen LogP contribution is -2.36. The number of hydrogen-bond acceptors (Lipinski definition) is 3. The van der Waals surface area contributed by atoms with E-state index in [0.29, 0.717) is 18.6 Å². The highest BCUT2D eigenvalue weighted by atomic mass is 16.5. The zero-order chi connectivity index (χ0) is 12.4. The summed E-state index contributed by atoms with van der Waals surface area (Å²) in [7, 11) is 0. The summed E-state index contributed by atoms with van der Waals surface area (Å²) in [5, 5.41) is 3.41. The Bertz CT molecular complexity index is 406. The second kappa shape index (κ2) is 5.11. The number of ether oxygens (including phenoxy) is 1. The molecule has 1 aliphatic carbocycles. The Kier molecular flexibility index (Phi) is 3.33. The molecule has 1 aliphatic heterocycles. The van der Waals surface area contributed by atoms with Crippen molar-refractivity contribution in [3.63, 3.8) is 0 Å². The molecule has 2 fully saturated rings. The van der Waals surface area contributed by atoms with E-state index in [0.717, 1.165) is 12.0 Å². The Hall–Kier alpha value is -1.35. The maximum atomic E-state index is 12.0. The molecule has 0 radical (unpaired) electrons. The monoisotopic (exact) mass is 245 g/mol. The van der Waals surface area contributed by atoms with Crippen molar-refractivity contribution in [3.05, 3.63) is 35.9 Å². The Labute approximate surface area is 108 Å². The molecule has 1 heterocycles. The standard InChI is InChI=1S/C15H19NO2/c17-15(18-10-11-5-2-1-3-6-11)14-9-12-7-4-8-13(12)16-14/h1-3,5-6,12-14,16H,4,7-10H2. The highest BCUT2D eigenvalue weighted by molar-refractivity contribution is 5.76. The molecule has 0 amide bonds. The predicted octanol–water partition coefficient (Wildman–Crippen LogP) is 2.26. The molecule has 1 aromatic carbocycles. The quantitative estimate of drug-likeness (QED) is 0.830. The molecule has 0 aromatic heterocycles. The molecule has 3 atom stereocenters. The van der Waals surface area contributed by atoms with E-state index >= 15 is 0 Å². The first-order chi connectivity index (χ1) is 8.83. The minimum Gasteiger partial charge on any atom is -0.460 e. The van der Waals surface area contributed by atoms with Gasteiger partial charge in [0, 0.05) is 6.04 Å². The number of carbonyl (C=O) groups is 1. The van der Waals surface area contributed by atoms with Crippen LogP contribution < -0.4 is 5.32 Å². The van der Waals surface area contributed by atoms with Crippen LogP contribution in [0.5, 0.6) is 0 Å². The molecule has 1 N–H and O–H groups in total. The maximum absolute atomic E-state index is 12.0. The molecule has 18 heavy (non-hydrogen) atoms. The average Bonchev–Trinajstić information content (AvgIpc) is 2.98. The molecule has 1 aromatic rings. The lowest BCUT2D eigenvalue weighted by atomic mass is 10.0. The maximum Gasteiger partial charge on any atom is 0.323 e. The van der Waals surface area contributed by atoms with Crippen LogP contribution in [0, 0.1) is 5.92 Å². The van der Waals surface area contributed by atoms with E-state index in [4.69, 9.17) is 4.74 Å². The number of nitrogens with one attached hydrogen (secondary N) is 1. The van der Waals surface area contributed by atoms with Gasteiger partial charge < -0.3 is 10.1 Å². The van der Waals surface area contributed by atoms with E-state index in [-0.39, 0.29) is 12.0 Å². The van der Waals surface area contributed by atoms with E-state index in [9.17, 15) is 4.79 Å². The molecule has 2 aliphatic rings. The van der Waals surface area contributed by atoms with E-state index in [1.807, 2.05) is 30.3 Å². The van der Waals surface area contributed by atoms with Gasteiger partial charge in [-0.15, -0.1) is 0 Å². The third kappa shape index (κ3) is 2.41. The summed E-state index contributed by atoms with van der Waals surface area (Å²) >= 11 is 0. The van der Waals surface area contributed by atoms with E-state index < -0.39 is 0 Å². The molecule has 1 saturated heterocycles. The van der Waals surface area contributed by atoms with E-state index in [1.54, 1.807) is 0 Å². The van der Waals surface area contributed by atoms with Crippen LogP contribution in [0.2, 0.25) is 0 Å². The molecule has 0 bridgehead atoms. The van der Waals surface area contributed by atoms with Crippen molar-refractivity contribution in [1.82, 2.24) is 5.32 Å². The second-order valence-electron chi connectivity index (χ2n) is 5.35. The summed E-state index contributed by atoms with van der Waals surface area (Å²) in [4.78, 5) is 12.0. The average molecular weight is 245 g/mol. The molecule has 3 unspecified atom stereocenters. The molecule has 1 saturated carbocycles. The van der Waals surface area contributed by atoms with Gasteiger partial charge >= 0.3 is 5.97 Å². The number of rotatable bonds is 3. The number of carbonyl (C=O) groups excluding carboxylic acids is 1. The minimum atomic E-state index is -0.0896. The van der Waals surface area contributed by atoms with Gasteiger partial charge in [-0.1, -0.05) is 36.8 Å². The topological polar surface area (TPSA) is 38.3 Å². The van der Waals surface area contributed by atoms with Gasteiger partial charge in [0.05, 0.1) is 0 Å². The van der Waals surface area contributed by atoms with Crippen molar-refractivity contribution in [2.24, 2.45) is 5.92 Å². The first kappa shape index (κ1) is 11.7. The van der Waals surface area contributed by atoms with Gasteiger partial charge in [-0.2, -0.15) is 0 Å². The Morgan fingerprint density at radius 1 is 1.28 bits per heavy atom. The van der Waals surface area contributed by atoms with Gasteiger partial charge in [-0.05, 0) is 30.7 Å². The van der Waals surface area contributed by atoms with Crippen molar-refractivity contribution >= 4 is 5.97 Å². The SMILES string of the molecule is O=C(OCc1ccccc1)C1CC2CCCC2N1. The molecule has 3 nitrogen and oxygen atoms in total. The van der Waals surface area contributed by atoms with Crippen LogP contribution in [0.1, 0.15) is 31.2 Å². The Balaban J connectivity index is 1.50. The largest absolute Gasteiger partial charge is 0.460 e. The van der Waals surface area contributed by atoms with Gasteiger partial charge in [0.1, 0.15) is 12.6 Å². The summed E-state index contributed by atoms with van der Waals surface area (Å²) in [5.41, 5.74) is 1.05. The van der Waals surface area contributed by atoms with Gasteiger partial charge in [0.2, 0.25) is 0 Å². The van der Waals surface area contributed by atoms with Crippen LogP contribution in [0.3, 0.4) is 0 Å². The zero-order valence-corrected chi connectivity index (χ0v) is 10.5. The van der Waals surface area contributed by atoms with Crippen molar-refractivity contribution in [3.8, 4) is 0 Å². The third-order valence-corrected chi connectivity index (χ3v) is 4.12. The van der Waals surface area contributed by atoms with Crippen LogP contribution in [0.25, 0.3) is 0 Å². The molecule has 0 spiro atoms. The number of esters is 1. The normalized spacial score (nSPS) is 30.1. The molecular formula is C15H19NO2. The fraction of sp³-hybridized carbons (Fsp3) is 0.533. The minimum absolute atomic E-state index is 0.0796. The predicted molar refractivity (Wildman–Crippen MR) is 68.9 cm³/mol. The summed E-state index contributed by atoms with van der Waals surface area (Å²) in [6.07, 6.45) is 4.74. The Morgan fingerprint density at radius 3 is 2.89 bits per heavy atom. The smallest absolute Gasteiger partial charge is 0.323 e. The van der Waals surface area contributed by atoms with Crippen LogP contribution in [0.15, 0.2) is 30.3 Å². The van der Waals surface area contributed by atoms with Crippen molar-refractivity contribution in [2.75, 3.05) is 0 Å². The first-order valence-electron chi connectivity index (χ1n) is 6.79. The van der Waals surface area contributed by atoms with Crippen LogP contribution in [-0.2, 0) is 16.1 Å². The fourth-order valence-electron chi connectivity index (χ4n) is 3.16. The molecule has 96 valence electrons. The van der Waals surface area contributed by atoms with Crippen molar-refractivity contribution < 1.29 is 9.53 Å². The number of hydrogen-bond donors (Lipinski definition) is 1. The van der Waals surface area contributed by atoms with Gasteiger partial charge in [-0.3, -0.25) is 4.79 Å². The molecule has 3 rings (SSSR count). The number of fused-ring (bicyclic) bond motifs is 1. The van der Waals surface area contributed by atoms with Gasteiger partial charge in [0.15, 0.2) is 0 Å². The molecule has 3 heteroatoms. The summed E-state index contributed by atoms with van der Waals surface area (Å²) in [5.74, 6) is 0.604. The number of benzene rings is 1. The van der Waals surface area contributed by atoms with Gasteiger partial charge in [0.25, 0.3) is 0 Å². The van der Waals surface area contributed by atoms with Crippen LogP contribution >= 0.6 is 0 Å². The lowest BCUT2D eigenvalue weighted by Gasteiger charge is -2.12. The van der Waals surface area contributed by atoms with Crippen LogP contribution in [0.4, 0.5) is 0 Å². The first-order valence-corrected chi connectivity index (χ1v) is 6.79. The summed E-state index contributed by atoms with van der Waals surface area (Å²) in [6.45, 7) is 0.382. The fourth-order valence-corrected chi connectivity index (χ4v) is 3.16. The van der Waals surface area contributed by atoms with Crippen molar-refractivity contribution in [2.45, 2.75) is 44.4 Å². The van der Waals surface area contributed by atoms with E-state index in [2.05, 4.69) is 5.32 Å². The Morgan fingerprint density at radius 2 is 2.11 bits per heavy atom. The van der Waals surface area contributed by atoms with Crippen LogP contribution in [-0.4, -0.2) is 18.1 Å². The lowest BCUT2D eigenvalue weighted by molar-refractivity contribution is -0.147. The second-order valence-corrected chi connectivity index (χ2v) is 5.35. The van der Waals surface area contributed by atoms with Crippen molar-refractivity contribution in [1.29, 1.82) is 0 Å². The highest BCUT2D eigenvalue weighted by Gasteiger charge is 2.40. The highest BCUT2D eigenvalue weighted by Crippen LogP contribution is 2.34. The summed E-state index contributed by atoms with van der Waals surface area (Å²) < 4.78 is 5.38.